The highest BCUT2D eigenvalue weighted by Gasteiger charge is 2.13. The van der Waals surface area contributed by atoms with E-state index in [0.717, 1.165) is 0 Å². The Bertz CT molecular complexity index is 379. The van der Waals surface area contributed by atoms with Crippen molar-refractivity contribution in [1.82, 2.24) is 5.32 Å². The molecule has 0 aliphatic heterocycles. The second kappa shape index (κ2) is 5.92. The molecular weight excluding hydrogens is 200 g/mol. The number of carbonyl (C=O) groups is 1. The zero-order valence-electron chi connectivity index (χ0n) is 9.60. The van der Waals surface area contributed by atoms with Crippen LogP contribution >= 0.6 is 0 Å². The van der Waals surface area contributed by atoms with E-state index in [2.05, 4.69) is 11.4 Å². The van der Waals surface area contributed by atoms with Crippen LogP contribution in [0, 0.1) is 17.2 Å². The van der Waals surface area contributed by atoms with Crippen molar-refractivity contribution in [1.29, 1.82) is 5.26 Å². The molecule has 0 aliphatic carbocycles. The van der Waals surface area contributed by atoms with Crippen LogP contribution in [-0.2, 0) is 0 Å². The molecule has 1 N–H and O–H groups in total. The first kappa shape index (κ1) is 12.3. The van der Waals surface area contributed by atoms with Gasteiger partial charge in [0.2, 0.25) is 0 Å². The predicted molar refractivity (Wildman–Crippen MR) is 62.8 cm³/mol. The summed E-state index contributed by atoms with van der Waals surface area (Å²) in [5.41, 5.74) is 0.589. The van der Waals surface area contributed by atoms with Crippen LogP contribution in [0.3, 0.4) is 0 Å². The summed E-state index contributed by atoms with van der Waals surface area (Å²) in [5.74, 6) is 0.202. The number of nitrogens with zero attached hydrogens (tertiary/aromatic N) is 1. The van der Waals surface area contributed by atoms with Gasteiger partial charge < -0.3 is 5.32 Å². The second-order valence-corrected chi connectivity index (χ2v) is 4.15. The molecule has 0 radical (unpaired) electrons. The summed E-state index contributed by atoms with van der Waals surface area (Å²) >= 11 is 0. The standard InChI is InChI=1S/C13H16N2O/c1-10(2)8-12(9-14)15-13(16)11-6-4-3-5-7-11/h3-7,10,12H,8H2,1-2H3,(H,15,16). The van der Waals surface area contributed by atoms with Gasteiger partial charge in [-0.15, -0.1) is 0 Å². The van der Waals surface area contributed by atoms with Crippen LogP contribution in [0.1, 0.15) is 30.6 Å². The lowest BCUT2D eigenvalue weighted by atomic mass is 10.0. The Hall–Kier alpha value is -1.82. The van der Waals surface area contributed by atoms with Gasteiger partial charge in [-0.2, -0.15) is 5.26 Å². The van der Waals surface area contributed by atoms with Crippen molar-refractivity contribution < 1.29 is 4.79 Å². The van der Waals surface area contributed by atoms with Crippen LogP contribution in [0.15, 0.2) is 30.3 Å². The van der Waals surface area contributed by atoms with Gasteiger partial charge in [-0.25, -0.2) is 0 Å². The minimum Gasteiger partial charge on any atom is -0.336 e. The summed E-state index contributed by atoms with van der Waals surface area (Å²) in [7, 11) is 0. The largest absolute Gasteiger partial charge is 0.336 e. The van der Waals surface area contributed by atoms with Crippen molar-refractivity contribution in [2.45, 2.75) is 26.3 Å². The monoisotopic (exact) mass is 216 g/mol. The fraction of sp³-hybridized carbons (Fsp3) is 0.385. The number of rotatable bonds is 4. The highest BCUT2D eigenvalue weighted by Crippen LogP contribution is 2.05. The van der Waals surface area contributed by atoms with Crippen molar-refractivity contribution in [2.24, 2.45) is 5.92 Å². The zero-order valence-corrected chi connectivity index (χ0v) is 9.60. The first-order valence-corrected chi connectivity index (χ1v) is 5.39. The van der Waals surface area contributed by atoms with E-state index in [9.17, 15) is 4.79 Å². The second-order valence-electron chi connectivity index (χ2n) is 4.15. The van der Waals surface area contributed by atoms with Gasteiger partial charge in [0.1, 0.15) is 6.04 Å². The molecule has 16 heavy (non-hydrogen) atoms. The number of carbonyl (C=O) groups excluding carboxylic acids is 1. The molecule has 3 heteroatoms. The third kappa shape index (κ3) is 3.74. The number of hydrogen-bond acceptors (Lipinski definition) is 2. The van der Waals surface area contributed by atoms with Crippen molar-refractivity contribution in [3.05, 3.63) is 35.9 Å². The van der Waals surface area contributed by atoms with Gasteiger partial charge in [0.05, 0.1) is 6.07 Å². The van der Waals surface area contributed by atoms with E-state index in [-0.39, 0.29) is 5.91 Å². The highest BCUT2D eigenvalue weighted by molar-refractivity contribution is 5.94. The number of hydrogen-bond donors (Lipinski definition) is 1. The van der Waals surface area contributed by atoms with Crippen LogP contribution in [0.5, 0.6) is 0 Å². The fourth-order valence-electron chi connectivity index (χ4n) is 1.45. The maximum absolute atomic E-state index is 11.7. The Morgan fingerprint density at radius 3 is 2.50 bits per heavy atom. The summed E-state index contributed by atoms with van der Waals surface area (Å²) in [6, 6.07) is 10.6. The molecule has 0 saturated carbocycles. The predicted octanol–water partition coefficient (Wildman–Crippen LogP) is 2.35. The van der Waals surface area contributed by atoms with Crippen molar-refractivity contribution in [3.63, 3.8) is 0 Å². The maximum Gasteiger partial charge on any atom is 0.252 e. The average Bonchev–Trinajstić information content (AvgIpc) is 2.28. The maximum atomic E-state index is 11.7. The lowest BCUT2D eigenvalue weighted by Gasteiger charge is -2.13. The van der Waals surface area contributed by atoms with E-state index in [1.807, 2.05) is 19.9 Å². The molecule has 1 atom stereocenters. The smallest absolute Gasteiger partial charge is 0.252 e. The minimum atomic E-state index is -0.410. The SMILES string of the molecule is CC(C)CC(C#N)NC(=O)c1ccccc1. The van der Waals surface area contributed by atoms with Crippen LogP contribution < -0.4 is 5.32 Å². The third-order valence-corrected chi connectivity index (χ3v) is 2.20. The van der Waals surface area contributed by atoms with Gasteiger partial charge in [-0.3, -0.25) is 4.79 Å². The molecule has 1 aromatic rings. The molecule has 1 aromatic carbocycles. The first-order chi connectivity index (χ1) is 7.63. The van der Waals surface area contributed by atoms with Crippen LogP contribution in [0.4, 0.5) is 0 Å². The minimum absolute atomic E-state index is 0.187. The number of benzene rings is 1. The lowest BCUT2D eigenvalue weighted by Crippen LogP contribution is -2.34. The summed E-state index contributed by atoms with van der Waals surface area (Å²) < 4.78 is 0. The number of nitriles is 1. The van der Waals surface area contributed by atoms with Crippen LogP contribution in [-0.4, -0.2) is 11.9 Å². The topological polar surface area (TPSA) is 52.9 Å². The Balaban J connectivity index is 2.60. The Labute approximate surface area is 96.1 Å². The summed E-state index contributed by atoms with van der Waals surface area (Å²) in [5, 5.41) is 11.6. The fourth-order valence-corrected chi connectivity index (χ4v) is 1.45. The highest BCUT2D eigenvalue weighted by atomic mass is 16.1. The number of nitrogens with one attached hydrogen (secondary N) is 1. The molecule has 1 amide bonds. The number of amides is 1. The van der Waals surface area contributed by atoms with Gasteiger partial charge in [0, 0.05) is 5.56 Å². The van der Waals surface area contributed by atoms with Gasteiger partial charge in [-0.1, -0.05) is 32.0 Å². The summed E-state index contributed by atoms with van der Waals surface area (Å²) in [4.78, 5) is 11.7. The molecular formula is C13H16N2O. The van der Waals surface area contributed by atoms with E-state index < -0.39 is 6.04 Å². The molecule has 3 nitrogen and oxygen atoms in total. The van der Waals surface area contributed by atoms with Crippen molar-refractivity contribution in [3.8, 4) is 6.07 Å². The Kier molecular flexibility index (Phi) is 4.53. The average molecular weight is 216 g/mol. The van der Waals surface area contributed by atoms with Gasteiger partial charge in [-0.05, 0) is 24.5 Å². The molecule has 0 fully saturated rings. The summed E-state index contributed by atoms with van der Waals surface area (Å²) in [6.45, 7) is 4.05. The molecule has 0 aromatic heterocycles. The molecule has 0 spiro atoms. The molecule has 1 rings (SSSR count). The molecule has 0 bridgehead atoms. The third-order valence-electron chi connectivity index (χ3n) is 2.20. The van der Waals surface area contributed by atoms with E-state index in [0.29, 0.717) is 17.9 Å². The van der Waals surface area contributed by atoms with E-state index in [1.54, 1.807) is 24.3 Å². The van der Waals surface area contributed by atoms with Gasteiger partial charge in [0.25, 0.3) is 5.91 Å². The lowest BCUT2D eigenvalue weighted by molar-refractivity contribution is 0.0942. The van der Waals surface area contributed by atoms with E-state index >= 15 is 0 Å². The van der Waals surface area contributed by atoms with Crippen LogP contribution in [0.25, 0.3) is 0 Å². The van der Waals surface area contributed by atoms with Crippen LogP contribution in [0.2, 0.25) is 0 Å². The van der Waals surface area contributed by atoms with Gasteiger partial charge in [0.15, 0.2) is 0 Å². The Morgan fingerprint density at radius 1 is 1.38 bits per heavy atom. The molecule has 0 saturated heterocycles. The van der Waals surface area contributed by atoms with E-state index in [1.165, 1.54) is 0 Å². The first-order valence-electron chi connectivity index (χ1n) is 5.39. The quantitative estimate of drug-likeness (QED) is 0.840. The Morgan fingerprint density at radius 2 is 2.00 bits per heavy atom. The molecule has 1 unspecified atom stereocenters. The molecule has 0 heterocycles. The summed E-state index contributed by atoms with van der Waals surface area (Å²) in [6.07, 6.45) is 0.676. The zero-order chi connectivity index (χ0) is 12.0. The normalized spacial score (nSPS) is 11.9. The van der Waals surface area contributed by atoms with Gasteiger partial charge >= 0.3 is 0 Å². The molecule has 0 aliphatic rings. The van der Waals surface area contributed by atoms with Crippen molar-refractivity contribution >= 4 is 5.91 Å². The van der Waals surface area contributed by atoms with Crippen molar-refractivity contribution in [2.75, 3.05) is 0 Å². The molecule has 84 valence electrons. The van der Waals surface area contributed by atoms with E-state index in [4.69, 9.17) is 5.26 Å².